The Hall–Kier alpha value is -0.810. The average molecular weight is 270 g/mol. The molecule has 1 aromatic heterocycles. The fraction of sp³-hybridized carbons (Fsp3) is 0.545. The highest BCUT2D eigenvalue weighted by atomic mass is 35.5. The third-order valence-electron chi connectivity index (χ3n) is 3.62. The van der Waals surface area contributed by atoms with Crippen LogP contribution in [0.2, 0.25) is 5.28 Å². The number of amides is 1. The Morgan fingerprint density at radius 1 is 1.47 bits per heavy atom. The first-order chi connectivity index (χ1) is 8.15. The molecule has 1 aromatic rings. The molecule has 1 fully saturated rings. The largest absolute Gasteiger partial charge is 0.312 e. The number of likely N-dealkylation sites (N-methyl/N-ethyl adjacent to an activating group) is 1. The van der Waals surface area contributed by atoms with E-state index in [1.165, 1.54) is 0 Å². The van der Waals surface area contributed by atoms with Crippen molar-refractivity contribution >= 4 is 35.0 Å². The van der Waals surface area contributed by atoms with E-state index in [0.29, 0.717) is 0 Å². The Labute approximate surface area is 109 Å². The fourth-order valence-electron chi connectivity index (χ4n) is 2.65. The number of nitrogens with zero attached hydrogens (tertiary/aromatic N) is 3. The smallest absolute Gasteiger partial charge is 0.239 e. The van der Waals surface area contributed by atoms with E-state index in [9.17, 15) is 4.79 Å². The molecule has 0 atom stereocenters. The lowest BCUT2D eigenvalue weighted by molar-refractivity contribution is -0.123. The minimum atomic E-state index is -0.443. The molecule has 0 bridgehead atoms. The van der Waals surface area contributed by atoms with Gasteiger partial charge < -0.3 is 4.90 Å². The van der Waals surface area contributed by atoms with Crippen LogP contribution in [0.1, 0.15) is 18.5 Å². The molecular formula is C11H12ClN3OS. The van der Waals surface area contributed by atoms with Gasteiger partial charge in [0.05, 0.1) is 23.0 Å². The summed E-state index contributed by atoms with van der Waals surface area (Å²) in [5.41, 5.74) is 1.19. The lowest BCUT2D eigenvalue weighted by atomic mass is 9.79. The lowest BCUT2D eigenvalue weighted by Gasteiger charge is -2.30. The van der Waals surface area contributed by atoms with Crippen LogP contribution in [0.25, 0.3) is 0 Å². The van der Waals surface area contributed by atoms with Crippen LogP contribution in [0.15, 0.2) is 6.20 Å². The first-order valence-electron chi connectivity index (χ1n) is 5.54. The molecule has 1 amide bonds. The van der Waals surface area contributed by atoms with E-state index in [4.69, 9.17) is 11.6 Å². The van der Waals surface area contributed by atoms with Crippen molar-refractivity contribution in [2.24, 2.45) is 0 Å². The van der Waals surface area contributed by atoms with Crippen molar-refractivity contribution in [1.82, 2.24) is 9.97 Å². The monoisotopic (exact) mass is 269 g/mol. The maximum atomic E-state index is 12.5. The van der Waals surface area contributed by atoms with Gasteiger partial charge in [-0.15, -0.1) is 0 Å². The molecule has 0 saturated carbocycles. The molecule has 17 heavy (non-hydrogen) atoms. The fourth-order valence-corrected chi connectivity index (χ4v) is 3.98. The van der Waals surface area contributed by atoms with Crippen molar-refractivity contribution in [2.75, 3.05) is 23.5 Å². The molecule has 0 radical (unpaired) electrons. The zero-order chi connectivity index (χ0) is 12.0. The summed E-state index contributed by atoms with van der Waals surface area (Å²) in [6, 6.07) is 0. The van der Waals surface area contributed by atoms with Gasteiger partial charge in [-0.05, 0) is 35.9 Å². The number of halogens is 1. The average Bonchev–Trinajstić information content (AvgIpc) is 2.54. The number of carbonyl (C=O) groups excluding carboxylic acids is 1. The number of hydrogen-bond acceptors (Lipinski definition) is 4. The number of anilines is 1. The van der Waals surface area contributed by atoms with E-state index in [0.717, 1.165) is 35.7 Å². The molecule has 0 unspecified atom stereocenters. The normalized spacial score (nSPS) is 22.0. The number of hydrogen-bond donors (Lipinski definition) is 0. The van der Waals surface area contributed by atoms with E-state index in [2.05, 4.69) is 9.97 Å². The van der Waals surface area contributed by atoms with Crippen molar-refractivity contribution in [2.45, 2.75) is 18.3 Å². The summed E-state index contributed by atoms with van der Waals surface area (Å²) in [6.07, 6.45) is 3.35. The first-order valence-corrected chi connectivity index (χ1v) is 7.07. The molecule has 1 saturated heterocycles. The third kappa shape index (κ3) is 1.48. The summed E-state index contributed by atoms with van der Waals surface area (Å²) < 4.78 is 0. The molecule has 3 rings (SSSR count). The van der Waals surface area contributed by atoms with Crippen LogP contribution in [0, 0.1) is 0 Å². The summed E-state index contributed by atoms with van der Waals surface area (Å²) in [7, 11) is 1.79. The highest BCUT2D eigenvalue weighted by molar-refractivity contribution is 7.99. The molecule has 6 heteroatoms. The van der Waals surface area contributed by atoms with Crippen molar-refractivity contribution in [3.63, 3.8) is 0 Å². The van der Waals surface area contributed by atoms with Crippen LogP contribution < -0.4 is 4.90 Å². The van der Waals surface area contributed by atoms with Gasteiger partial charge in [0.1, 0.15) is 0 Å². The number of carbonyl (C=O) groups is 1. The quantitative estimate of drug-likeness (QED) is 0.675. The summed E-state index contributed by atoms with van der Waals surface area (Å²) in [6.45, 7) is 0. The van der Waals surface area contributed by atoms with Gasteiger partial charge in [0.15, 0.2) is 0 Å². The molecular weight excluding hydrogens is 258 g/mol. The van der Waals surface area contributed by atoms with Crippen LogP contribution in [0.4, 0.5) is 5.69 Å². The van der Waals surface area contributed by atoms with Crippen molar-refractivity contribution < 1.29 is 4.79 Å². The second-order valence-electron chi connectivity index (χ2n) is 4.43. The Kier molecular flexibility index (Phi) is 2.56. The summed E-state index contributed by atoms with van der Waals surface area (Å²) in [5, 5.41) is 0.226. The molecule has 0 N–H and O–H groups in total. The van der Waals surface area contributed by atoms with Gasteiger partial charge in [-0.1, -0.05) is 0 Å². The maximum Gasteiger partial charge on any atom is 0.239 e. The van der Waals surface area contributed by atoms with Crippen LogP contribution in [-0.2, 0) is 10.2 Å². The van der Waals surface area contributed by atoms with E-state index in [1.54, 1.807) is 18.1 Å². The minimum Gasteiger partial charge on any atom is -0.312 e. The lowest BCUT2D eigenvalue weighted by Crippen LogP contribution is -2.41. The van der Waals surface area contributed by atoms with Crippen LogP contribution in [0.3, 0.4) is 0 Å². The second-order valence-corrected chi connectivity index (χ2v) is 5.99. The molecule has 4 nitrogen and oxygen atoms in total. The Morgan fingerprint density at radius 2 is 2.18 bits per heavy atom. The molecule has 1 spiro atoms. The van der Waals surface area contributed by atoms with Gasteiger partial charge in [0.2, 0.25) is 11.2 Å². The highest BCUT2D eigenvalue weighted by Crippen LogP contribution is 2.47. The van der Waals surface area contributed by atoms with Gasteiger partial charge in [0.25, 0.3) is 0 Å². The Balaban J connectivity index is 2.18. The van der Waals surface area contributed by atoms with Crippen LogP contribution in [0.5, 0.6) is 0 Å². The standard InChI is InChI=1S/C11H12ClN3OS/c1-15-7-6-13-10(12)14-8(7)11(9(15)16)2-4-17-5-3-11/h6H,2-5H2,1H3. The van der Waals surface area contributed by atoms with Gasteiger partial charge >= 0.3 is 0 Å². The first kappa shape index (κ1) is 11.3. The highest BCUT2D eigenvalue weighted by Gasteiger charge is 2.51. The Morgan fingerprint density at radius 3 is 2.88 bits per heavy atom. The summed E-state index contributed by atoms with van der Waals surface area (Å²) in [4.78, 5) is 22.4. The van der Waals surface area contributed by atoms with E-state index in [-0.39, 0.29) is 11.2 Å². The third-order valence-corrected chi connectivity index (χ3v) is 4.78. The van der Waals surface area contributed by atoms with Gasteiger partial charge in [0, 0.05) is 7.05 Å². The number of thioether (sulfide) groups is 1. The van der Waals surface area contributed by atoms with Gasteiger partial charge in [-0.3, -0.25) is 4.79 Å². The van der Waals surface area contributed by atoms with Gasteiger partial charge in [-0.2, -0.15) is 11.8 Å². The predicted molar refractivity (Wildman–Crippen MR) is 68.7 cm³/mol. The van der Waals surface area contributed by atoms with E-state index < -0.39 is 5.41 Å². The second kappa shape index (κ2) is 3.85. The van der Waals surface area contributed by atoms with Crippen LogP contribution in [-0.4, -0.2) is 34.4 Å². The summed E-state index contributed by atoms with van der Waals surface area (Å²) in [5.74, 6) is 2.14. The predicted octanol–water partition coefficient (Wildman–Crippen LogP) is 1.87. The number of aromatic nitrogens is 2. The molecule has 2 aliphatic rings. The zero-order valence-electron chi connectivity index (χ0n) is 9.44. The van der Waals surface area contributed by atoms with E-state index in [1.807, 2.05) is 11.8 Å². The molecule has 0 aromatic carbocycles. The number of rotatable bonds is 0. The molecule has 3 heterocycles. The summed E-state index contributed by atoms with van der Waals surface area (Å²) >= 11 is 7.75. The van der Waals surface area contributed by atoms with Gasteiger partial charge in [-0.25, -0.2) is 9.97 Å². The minimum absolute atomic E-state index is 0.143. The van der Waals surface area contributed by atoms with Crippen molar-refractivity contribution in [3.8, 4) is 0 Å². The molecule has 90 valence electrons. The number of fused-ring (bicyclic) bond motifs is 2. The Bertz CT molecular complexity index is 488. The van der Waals surface area contributed by atoms with Crippen LogP contribution >= 0.6 is 23.4 Å². The SMILES string of the molecule is CN1C(=O)C2(CCSCC2)c2nc(Cl)ncc21. The van der Waals surface area contributed by atoms with Crippen molar-refractivity contribution in [1.29, 1.82) is 0 Å². The topological polar surface area (TPSA) is 46.1 Å². The molecule has 2 aliphatic heterocycles. The zero-order valence-corrected chi connectivity index (χ0v) is 11.0. The maximum absolute atomic E-state index is 12.5. The van der Waals surface area contributed by atoms with Crippen molar-refractivity contribution in [3.05, 3.63) is 17.2 Å². The van der Waals surface area contributed by atoms with E-state index >= 15 is 0 Å². The molecule has 0 aliphatic carbocycles.